The van der Waals surface area contributed by atoms with Crippen LogP contribution in [0, 0.1) is 11.8 Å². The van der Waals surface area contributed by atoms with Gasteiger partial charge in [0.15, 0.2) is 0 Å². The zero-order valence-corrected chi connectivity index (χ0v) is 10.1. The minimum Gasteiger partial charge on any atom is -0.389 e. The van der Waals surface area contributed by atoms with Crippen LogP contribution in [-0.2, 0) is 0 Å². The molecule has 2 atom stereocenters. The maximum atomic E-state index is 10.2. The number of likely N-dealkylation sites (N-methyl/N-ethyl adjacent to an activating group) is 1. The van der Waals surface area contributed by atoms with Gasteiger partial charge in [-0.25, -0.2) is 0 Å². The summed E-state index contributed by atoms with van der Waals surface area (Å²) in [6.45, 7) is 8.42. The third-order valence-corrected chi connectivity index (χ3v) is 3.70. The molecule has 1 aliphatic carbocycles. The van der Waals surface area contributed by atoms with Gasteiger partial charge in [0, 0.05) is 13.1 Å². The molecule has 1 fully saturated rings. The van der Waals surface area contributed by atoms with E-state index in [1.165, 1.54) is 6.42 Å². The van der Waals surface area contributed by atoms with Crippen LogP contribution < -0.4 is 0 Å². The van der Waals surface area contributed by atoms with E-state index in [-0.39, 0.29) is 0 Å². The van der Waals surface area contributed by atoms with Crippen molar-refractivity contribution in [3.63, 3.8) is 0 Å². The first-order valence-electron chi connectivity index (χ1n) is 5.91. The predicted octanol–water partition coefficient (Wildman–Crippen LogP) is 2.13. The minimum atomic E-state index is -0.465. The van der Waals surface area contributed by atoms with Crippen molar-refractivity contribution >= 4 is 0 Å². The Morgan fingerprint density at radius 1 is 1.36 bits per heavy atom. The molecule has 2 heteroatoms. The normalized spacial score (nSPS) is 27.0. The van der Waals surface area contributed by atoms with Gasteiger partial charge in [-0.05, 0) is 38.1 Å². The first-order chi connectivity index (χ1) is 6.50. The third kappa shape index (κ3) is 3.25. The molecule has 0 amide bonds. The van der Waals surface area contributed by atoms with Gasteiger partial charge in [0.2, 0.25) is 0 Å². The topological polar surface area (TPSA) is 23.5 Å². The summed E-state index contributed by atoms with van der Waals surface area (Å²) in [5.41, 5.74) is -0.465. The summed E-state index contributed by atoms with van der Waals surface area (Å²) in [5.74, 6) is 1.80. The van der Waals surface area contributed by atoms with Crippen LogP contribution in [0.4, 0.5) is 0 Å². The van der Waals surface area contributed by atoms with Gasteiger partial charge in [-0.1, -0.05) is 20.8 Å². The highest BCUT2D eigenvalue weighted by Gasteiger charge is 2.34. The summed E-state index contributed by atoms with van der Waals surface area (Å²) >= 11 is 0. The van der Waals surface area contributed by atoms with Crippen LogP contribution in [0.15, 0.2) is 0 Å². The maximum absolute atomic E-state index is 10.2. The molecule has 2 nitrogen and oxygen atoms in total. The van der Waals surface area contributed by atoms with Crippen molar-refractivity contribution < 1.29 is 5.11 Å². The Morgan fingerprint density at radius 3 is 2.21 bits per heavy atom. The average molecular weight is 199 g/mol. The Labute approximate surface area is 88.3 Å². The van der Waals surface area contributed by atoms with E-state index >= 15 is 0 Å². The zero-order valence-electron chi connectivity index (χ0n) is 10.1. The fraction of sp³-hybridized carbons (Fsp3) is 1.00. The van der Waals surface area contributed by atoms with Gasteiger partial charge in [-0.3, -0.25) is 0 Å². The summed E-state index contributed by atoms with van der Waals surface area (Å²) in [4.78, 5) is 2.29. The van der Waals surface area contributed by atoms with E-state index in [1.807, 2.05) is 0 Å². The fourth-order valence-corrected chi connectivity index (χ4v) is 2.09. The van der Waals surface area contributed by atoms with Gasteiger partial charge in [0.05, 0.1) is 5.60 Å². The molecule has 0 spiro atoms. The molecule has 1 aliphatic rings. The second kappa shape index (κ2) is 4.63. The highest BCUT2D eigenvalue weighted by Crippen LogP contribution is 2.38. The van der Waals surface area contributed by atoms with E-state index < -0.39 is 5.60 Å². The molecule has 0 aliphatic heterocycles. The van der Waals surface area contributed by atoms with Crippen LogP contribution in [-0.4, -0.2) is 35.7 Å². The Balaban J connectivity index is 2.27. The lowest BCUT2D eigenvalue weighted by atomic mass is 9.97. The van der Waals surface area contributed by atoms with Gasteiger partial charge in [-0.15, -0.1) is 0 Å². The minimum absolute atomic E-state index is 0.465. The van der Waals surface area contributed by atoms with Gasteiger partial charge in [-0.2, -0.15) is 0 Å². The molecular formula is C12H25NO. The standard InChI is InChI=1S/C12H25NO/c1-5-12(14,6-2)9-13(4)8-11-7-10(11)3/h10-11,14H,5-9H2,1-4H3. The average Bonchev–Trinajstić information content (AvgIpc) is 2.81. The van der Waals surface area contributed by atoms with Crippen molar-refractivity contribution in [3.8, 4) is 0 Å². The monoisotopic (exact) mass is 199 g/mol. The van der Waals surface area contributed by atoms with E-state index in [0.29, 0.717) is 0 Å². The Morgan fingerprint density at radius 2 is 1.86 bits per heavy atom. The molecule has 0 heterocycles. The number of hydrogen-bond acceptors (Lipinski definition) is 2. The van der Waals surface area contributed by atoms with Gasteiger partial charge < -0.3 is 10.0 Å². The number of rotatable bonds is 6. The molecule has 0 aromatic rings. The Bertz CT molecular complexity index is 177. The summed E-state index contributed by atoms with van der Waals surface area (Å²) < 4.78 is 0. The Kier molecular flexibility index (Phi) is 3.96. The van der Waals surface area contributed by atoms with Crippen LogP contribution in [0.2, 0.25) is 0 Å². The summed E-state index contributed by atoms with van der Waals surface area (Å²) in [6.07, 6.45) is 3.09. The van der Waals surface area contributed by atoms with Crippen LogP contribution in [0.25, 0.3) is 0 Å². The van der Waals surface area contributed by atoms with E-state index in [4.69, 9.17) is 0 Å². The van der Waals surface area contributed by atoms with Crippen molar-refractivity contribution in [1.29, 1.82) is 0 Å². The summed E-state index contributed by atoms with van der Waals surface area (Å²) in [7, 11) is 2.13. The van der Waals surface area contributed by atoms with Gasteiger partial charge >= 0.3 is 0 Å². The molecule has 1 N–H and O–H groups in total. The quantitative estimate of drug-likeness (QED) is 0.708. The first kappa shape index (κ1) is 12.0. The molecular weight excluding hydrogens is 174 g/mol. The molecule has 0 bridgehead atoms. The van der Waals surface area contributed by atoms with Gasteiger partial charge in [0.25, 0.3) is 0 Å². The van der Waals surface area contributed by atoms with Crippen molar-refractivity contribution in [2.45, 2.75) is 45.6 Å². The maximum Gasteiger partial charge on any atom is 0.0768 e. The smallest absolute Gasteiger partial charge is 0.0768 e. The number of aliphatic hydroxyl groups is 1. The van der Waals surface area contributed by atoms with Crippen LogP contribution >= 0.6 is 0 Å². The molecule has 14 heavy (non-hydrogen) atoms. The lowest BCUT2D eigenvalue weighted by molar-refractivity contribution is 0.00194. The number of hydrogen-bond donors (Lipinski definition) is 1. The van der Waals surface area contributed by atoms with Crippen molar-refractivity contribution in [3.05, 3.63) is 0 Å². The van der Waals surface area contributed by atoms with Crippen LogP contribution in [0.1, 0.15) is 40.0 Å². The van der Waals surface area contributed by atoms with Crippen molar-refractivity contribution in [1.82, 2.24) is 4.90 Å². The molecule has 0 aromatic carbocycles. The second-order valence-corrected chi connectivity index (χ2v) is 5.10. The van der Waals surface area contributed by atoms with Crippen LogP contribution in [0.3, 0.4) is 0 Å². The fourth-order valence-electron chi connectivity index (χ4n) is 2.09. The van der Waals surface area contributed by atoms with E-state index in [9.17, 15) is 5.11 Å². The molecule has 0 saturated heterocycles. The van der Waals surface area contributed by atoms with Crippen molar-refractivity contribution in [2.75, 3.05) is 20.1 Å². The summed E-state index contributed by atoms with van der Waals surface area (Å²) in [6, 6.07) is 0. The summed E-state index contributed by atoms with van der Waals surface area (Å²) in [5, 5.41) is 10.2. The molecule has 1 rings (SSSR count). The van der Waals surface area contributed by atoms with Crippen molar-refractivity contribution in [2.24, 2.45) is 11.8 Å². The SMILES string of the molecule is CCC(O)(CC)CN(C)CC1CC1C. The lowest BCUT2D eigenvalue weighted by Gasteiger charge is -2.30. The zero-order chi connectivity index (χ0) is 10.8. The molecule has 2 unspecified atom stereocenters. The Hall–Kier alpha value is -0.0800. The molecule has 1 saturated carbocycles. The van der Waals surface area contributed by atoms with Gasteiger partial charge in [0.1, 0.15) is 0 Å². The predicted molar refractivity (Wildman–Crippen MR) is 60.3 cm³/mol. The number of nitrogens with zero attached hydrogens (tertiary/aromatic N) is 1. The molecule has 84 valence electrons. The van der Waals surface area contributed by atoms with E-state index in [2.05, 4.69) is 32.7 Å². The molecule has 0 radical (unpaired) electrons. The highest BCUT2D eigenvalue weighted by molar-refractivity contribution is 4.86. The molecule has 0 aromatic heterocycles. The third-order valence-electron chi connectivity index (χ3n) is 3.70. The second-order valence-electron chi connectivity index (χ2n) is 5.10. The van der Waals surface area contributed by atoms with Crippen LogP contribution in [0.5, 0.6) is 0 Å². The first-order valence-corrected chi connectivity index (χ1v) is 5.91. The lowest BCUT2D eigenvalue weighted by Crippen LogP contribution is -2.41. The largest absolute Gasteiger partial charge is 0.389 e. The van der Waals surface area contributed by atoms with E-state index in [1.54, 1.807) is 0 Å². The highest BCUT2D eigenvalue weighted by atomic mass is 16.3. The van der Waals surface area contributed by atoms with E-state index in [0.717, 1.165) is 37.8 Å².